The normalized spacial score (nSPS) is 25.1. The van der Waals surface area contributed by atoms with Gasteiger partial charge < -0.3 is 21.3 Å². The molecule has 2 aliphatic rings. The van der Waals surface area contributed by atoms with Crippen LogP contribution in [0.25, 0.3) is 0 Å². The molecule has 3 rings (SSSR count). The lowest BCUT2D eigenvalue weighted by Crippen LogP contribution is -2.40. The van der Waals surface area contributed by atoms with Gasteiger partial charge in [-0.1, -0.05) is 20.8 Å². The maximum absolute atomic E-state index is 5.91. The van der Waals surface area contributed by atoms with Gasteiger partial charge in [0.1, 0.15) is 11.6 Å². The lowest BCUT2D eigenvalue weighted by molar-refractivity contribution is 0.340. The van der Waals surface area contributed by atoms with Crippen molar-refractivity contribution >= 4 is 17.6 Å². The highest BCUT2D eigenvalue weighted by Gasteiger charge is 2.35. The van der Waals surface area contributed by atoms with E-state index in [0.717, 1.165) is 43.7 Å². The van der Waals surface area contributed by atoms with Crippen LogP contribution in [0.1, 0.15) is 33.6 Å². The molecule has 0 unspecified atom stereocenters. The second-order valence-electron chi connectivity index (χ2n) is 7.75. The van der Waals surface area contributed by atoms with Gasteiger partial charge in [0.25, 0.3) is 0 Å². The van der Waals surface area contributed by atoms with Crippen LogP contribution in [0.15, 0.2) is 6.07 Å². The fraction of sp³-hybridized carbons (Fsp3) is 0.750. The summed E-state index contributed by atoms with van der Waals surface area (Å²) < 4.78 is 0. The number of nitrogen functional groups attached to an aromatic ring is 1. The second-order valence-corrected chi connectivity index (χ2v) is 7.75. The fourth-order valence-electron chi connectivity index (χ4n) is 3.29. The molecule has 2 fully saturated rings. The third kappa shape index (κ3) is 3.61. The van der Waals surface area contributed by atoms with E-state index in [1.807, 2.05) is 6.07 Å². The summed E-state index contributed by atoms with van der Waals surface area (Å²) in [5, 5.41) is 7.00. The molecule has 122 valence electrons. The Morgan fingerprint density at radius 1 is 1.36 bits per heavy atom. The first-order valence-electron chi connectivity index (χ1n) is 8.27. The number of nitrogens with two attached hydrogens (primary N) is 1. The molecule has 1 aromatic heterocycles. The van der Waals surface area contributed by atoms with Crippen molar-refractivity contribution in [3.63, 3.8) is 0 Å². The van der Waals surface area contributed by atoms with E-state index in [0.29, 0.717) is 12.0 Å². The van der Waals surface area contributed by atoms with E-state index in [4.69, 9.17) is 5.73 Å². The van der Waals surface area contributed by atoms with Gasteiger partial charge in [-0.3, -0.25) is 0 Å². The van der Waals surface area contributed by atoms with Gasteiger partial charge in [-0.25, -0.2) is 0 Å². The molecule has 0 saturated carbocycles. The molecule has 0 amide bonds. The summed E-state index contributed by atoms with van der Waals surface area (Å²) in [6.07, 6.45) is 2.59. The van der Waals surface area contributed by atoms with Crippen LogP contribution in [-0.2, 0) is 0 Å². The summed E-state index contributed by atoms with van der Waals surface area (Å²) in [4.78, 5) is 11.1. The molecule has 0 spiro atoms. The van der Waals surface area contributed by atoms with Crippen LogP contribution in [0.4, 0.5) is 17.6 Å². The average molecular weight is 304 g/mol. The summed E-state index contributed by atoms with van der Waals surface area (Å²) in [5.74, 6) is 2.84. The van der Waals surface area contributed by atoms with Crippen molar-refractivity contribution in [3.05, 3.63) is 6.07 Å². The van der Waals surface area contributed by atoms with Gasteiger partial charge in [0.05, 0.1) is 0 Å². The van der Waals surface area contributed by atoms with Crippen LogP contribution < -0.4 is 21.3 Å². The lowest BCUT2D eigenvalue weighted by Gasteiger charge is -2.24. The number of anilines is 3. The Balaban J connectivity index is 1.72. The minimum atomic E-state index is 0.201. The Hall–Kier alpha value is -1.56. The molecule has 2 aliphatic heterocycles. The molecule has 0 aromatic carbocycles. The van der Waals surface area contributed by atoms with Gasteiger partial charge in [0, 0.05) is 31.7 Å². The van der Waals surface area contributed by atoms with E-state index in [1.54, 1.807) is 0 Å². The lowest BCUT2D eigenvalue weighted by atomic mass is 9.94. The molecule has 2 atom stereocenters. The predicted molar refractivity (Wildman–Crippen MR) is 91.1 cm³/mol. The molecule has 6 nitrogen and oxygen atoms in total. The van der Waals surface area contributed by atoms with Gasteiger partial charge >= 0.3 is 0 Å². The van der Waals surface area contributed by atoms with E-state index in [9.17, 15) is 0 Å². The van der Waals surface area contributed by atoms with Crippen LogP contribution in [-0.4, -0.2) is 42.2 Å². The third-order valence-electron chi connectivity index (χ3n) is 4.45. The van der Waals surface area contributed by atoms with Crippen LogP contribution in [0.3, 0.4) is 0 Å². The van der Waals surface area contributed by atoms with E-state index >= 15 is 0 Å². The Morgan fingerprint density at radius 2 is 2.18 bits per heavy atom. The maximum atomic E-state index is 5.91. The largest absolute Gasteiger partial charge is 0.369 e. The molecule has 0 radical (unpaired) electrons. The van der Waals surface area contributed by atoms with Crippen LogP contribution in [0.2, 0.25) is 0 Å². The summed E-state index contributed by atoms with van der Waals surface area (Å²) in [5.41, 5.74) is 6.11. The first-order chi connectivity index (χ1) is 10.4. The highest BCUT2D eigenvalue weighted by Crippen LogP contribution is 2.29. The van der Waals surface area contributed by atoms with Crippen LogP contribution in [0, 0.1) is 11.3 Å². The summed E-state index contributed by atoms with van der Waals surface area (Å²) in [6.45, 7) is 10.7. The van der Waals surface area contributed by atoms with Crippen molar-refractivity contribution in [3.8, 4) is 0 Å². The summed E-state index contributed by atoms with van der Waals surface area (Å²) in [7, 11) is 0. The van der Waals surface area contributed by atoms with E-state index in [-0.39, 0.29) is 5.41 Å². The van der Waals surface area contributed by atoms with Gasteiger partial charge in [-0.2, -0.15) is 9.97 Å². The molecule has 2 saturated heterocycles. The highest BCUT2D eigenvalue weighted by atomic mass is 15.3. The van der Waals surface area contributed by atoms with Crippen molar-refractivity contribution in [2.75, 3.05) is 42.1 Å². The molecule has 0 aliphatic carbocycles. The molecule has 1 aromatic rings. The Bertz CT molecular complexity index is 510. The van der Waals surface area contributed by atoms with Crippen molar-refractivity contribution in [1.82, 2.24) is 15.3 Å². The quantitative estimate of drug-likeness (QED) is 0.789. The zero-order valence-corrected chi connectivity index (χ0v) is 13.9. The average Bonchev–Trinajstić information content (AvgIpc) is 2.88. The summed E-state index contributed by atoms with van der Waals surface area (Å²) >= 11 is 0. The standard InChI is InChI=1S/C16H28N6/c1-16(2,3)10-19-13-7-14(21-15(17)20-13)22-8-11-5-4-6-18-12(11)9-22/h7,11-12,18H,4-6,8-10H2,1-3H3,(H3,17,19,20,21)/t11-,12+/m0/s1. The third-order valence-corrected chi connectivity index (χ3v) is 4.45. The molecule has 0 bridgehead atoms. The number of hydrogen-bond acceptors (Lipinski definition) is 6. The Labute approximate surface area is 132 Å². The van der Waals surface area contributed by atoms with Crippen molar-refractivity contribution in [2.45, 2.75) is 39.7 Å². The SMILES string of the molecule is CC(C)(C)CNc1cc(N2C[C@@H]3CCCN[C@@H]3C2)nc(N)n1. The monoisotopic (exact) mass is 304 g/mol. The highest BCUT2D eigenvalue weighted by molar-refractivity contribution is 5.53. The number of piperidine rings is 1. The fourth-order valence-corrected chi connectivity index (χ4v) is 3.29. The first-order valence-corrected chi connectivity index (χ1v) is 8.27. The number of rotatable bonds is 3. The Kier molecular flexibility index (Phi) is 4.12. The van der Waals surface area contributed by atoms with E-state index in [1.165, 1.54) is 12.8 Å². The van der Waals surface area contributed by atoms with E-state index < -0.39 is 0 Å². The molecular weight excluding hydrogens is 276 g/mol. The van der Waals surface area contributed by atoms with Crippen LogP contribution >= 0.6 is 0 Å². The van der Waals surface area contributed by atoms with Crippen molar-refractivity contribution in [2.24, 2.45) is 11.3 Å². The molecule has 3 heterocycles. The molecule has 6 heteroatoms. The maximum Gasteiger partial charge on any atom is 0.223 e. The molecular formula is C16H28N6. The van der Waals surface area contributed by atoms with Gasteiger partial charge in [0.2, 0.25) is 5.95 Å². The minimum absolute atomic E-state index is 0.201. The molecule has 4 N–H and O–H groups in total. The van der Waals surface area contributed by atoms with Gasteiger partial charge in [-0.05, 0) is 30.7 Å². The zero-order chi connectivity index (χ0) is 15.7. The number of fused-ring (bicyclic) bond motifs is 1. The number of nitrogens with one attached hydrogen (secondary N) is 2. The van der Waals surface area contributed by atoms with Crippen LogP contribution in [0.5, 0.6) is 0 Å². The molecule has 22 heavy (non-hydrogen) atoms. The first kappa shape index (κ1) is 15.3. The van der Waals surface area contributed by atoms with Crippen molar-refractivity contribution < 1.29 is 0 Å². The zero-order valence-electron chi connectivity index (χ0n) is 13.9. The number of nitrogens with zero attached hydrogens (tertiary/aromatic N) is 3. The van der Waals surface area contributed by atoms with Gasteiger partial charge in [-0.15, -0.1) is 0 Å². The number of hydrogen-bond donors (Lipinski definition) is 3. The van der Waals surface area contributed by atoms with Crippen molar-refractivity contribution in [1.29, 1.82) is 0 Å². The second kappa shape index (κ2) is 5.91. The topological polar surface area (TPSA) is 79.1 Å². The Morgan fingerprint density at radius 3 is 2.91 bits per heavy atom. The smallest absolute Gasteiger partial charge is 0.223 e. The van der Waals surface area contributed by atoms with Gasteiger partial charge in [0.15, 0.2) is 0 Å². The minimum Gasteiger partial charge on any atom is -0.369 e. The predicted octanol–water partition coefficient (Wildman–Crippen LogP) is 1.70. The number of aromatic nitrogens is 2. The summed E-state index contributed by atoms with van der Waals surface area (Å²) in [6, 6.07) is 2.62. The van der Waals surface area contributed by atoms with E-state index in [2.05, 4.69) is 46.3 Å².